The van der Waals surface area contributed by atoms with Crippen LogP contribution in [0.2, 0.25) is 0 Å². The van der Waals surface area contributed by atoms with Crippen LogP contribution in [0.15, 0.2) is 36.8 Å². The third-order valence-corrected chi connectivity index (χ3v) is 5.01. The Morgan fingerprint density at radius 1 is 1.04 bits per heavy atom. The smallest absolute Gasteiger partial charge is 0.399 e. The van der Waals surface area contributed by atoms with E-state index in [0.717, 1.165) is 23.4 Å². The molecule has 0 aromatic carbocycles. The molecule has 0 saturated carbocycles. The Kier molecular flexibility index (Phi) is 5.79. The maximum absolute atomic E-state index is 13.1. The summed E-state index contributed by atoms with van der Waals surface area (Å²) >= 11 is 0. The van der Waals surface area contributed by atoms with Crippen molar-refractivity contribution in [3.05, 3.63) is 48.2 Å². The monoisotopic (exact) mass is 372 g/mol. The van der Waals surface area contributed by atoms with Gasteiger partial charge in [0.1, 0.15) is 11.6 Å². The van der Waals surface area contributed by atoms with Gasteiger partial charge in [0.05, 0.1) is 17.4 Å². The number of pyridine rings is 2. The highest BCUT2D eigenvalue weighted by Gasteiger charge is 2.51. The van der Waals surface area contributed by atoms with Crippen molar-refractivity contribution in [3.63, 3.8) is 0 Å². The van der Waals surface area contributed by atoms with Gasteiger partial charge < -0.3 is 19.9 Å². The second kappa shape index (κ2) is 7.92. The first-order valence-corrected chi connectivity index (χ1v) is 9.12. The Morgan fingerprint density at radius 3 is 2.41 bits per heavy atom. The van der Waals surface area contributed by atoms with E-state index in [2.05, 4.69) is 20.6 Å². The van der Waals surface area contributed by atoms with Gasteiger partial charge in [-0.25, -0.2) is 9.37 Å². The number of aromatic nitrogens is 2. The number of anilines is 1. The van der Waals surface area contributed by atoms with Gasteiger partial charge >= 0.3 is 7.12 Å². The summed E-state index contributed by atoms with van der Waals surface area (Å²) in [5, 5.41) is 6.48. The minimum absolute atomic E-state index is 0.321. The third kappa shape index (κ3) is 4.83. The number of hydrogen-bond donors (Lipinski definition) is 2. The molecule has 6 nitrogen and oxygen atoms in total. The molecule has 1 fully saturated rings. The van der Waals surface area contributed by atoms with Gasteiger partial charge in [0.15, 0.2) is 0 Å². The molecule has 0 bridgehead atoms. The molecule has 8 heteroatoms. The van der Waals surface area contributed by atoms with E-state index in [1.165, 1.54) is 12.3 Å². The van der Waals surface area contributed by atoms with Gasteiger partial charge in [-0.05, 0) is 45.4 Å². The Bertz CT molecular complexity index is 755. The fraction of sp³-hybridized carbons (Fsp3) is 0.474. The molecule has 3 heterocycles. The Hall–Kier alpha value is -2.03. The van der Waals surface area contributed by atoms with Gasteiger partial charge in [0, 0.05) is 37.5 Å². The summed E-state index contributed by atoms with van der Waals surface area (Å²) in [6.07, 6.45) is 4.62. The zero-order chi connectivity index (χ0) is 19.5. The first kappa shape index (κ1) is 19.7. The second-order valence-corrected chi connectivity index (χ2v) is 7.68. The quantitative estimate of drug-likeness (QED) is 0.573. The third-order valence-electron chi connectivity index (χ3n) is 5.01. The summed E-state index contributed by atoms with van der Waals surface area (Å²) < 4.78 is 25.1. The van der Waals surface area contributed by atoms with Crippen LogP contribution in [0.4, 0.5) is 10.2 Å². The molecular weight excluding hydrogens is 346 g/mol. The molecule has 0 atom stereocenters. The number of nitrogens with one attached hydrogen (secondary N) is 2. The van der Waals surface area contributed by atoms with Crippen molar-refractivity contribution in [1.82, 2.24) is 15.3 Å². The van der Waals surface area contributed by atoms with Crippen LogP contribution >= 0.6 is 0 Å². The number of hydrogen-bond acceptors (Lipinski definition) is 6. The van der Waals surface area contributed by atoms with E-state index < -0.39 is 7.12 Å². The van der Waals surface area contributed by atoms with Crippen LogP contribution in [0.5, 0.6) is 0 Å². The molecule has 1 saturated heterocycles. The molecule has 0 aliphatic carbocycles. The summed E-state index contributed by atoms with van der Waals surface area (Å²) in [4.78, 5) is 8.26. The van der Waals surface area contributed by atoms with Crippen molar-refractivity contribution in [1.29, 1.82) is 0 Å². The molecule has 0 amide bonds. The average Bonchev–Trinajstić information content (AvgIpc) is 2.83. The zero-order valence-electron chi connectivity index (χ0n) is 16.3. The van der Waals surface area contributed by atoms with Crippen molar-refractivity contribution in [2.24, 2.45) is 0 Å². The van der Waals surface area contributed by atoms with Gasteiger partial charge in [-0.3, -0.25) is 4.98 Å². The van der Waals surface area contributed by atoms with Crippen LogP contribution in [-0.4, -0.2) is 41.4 Å². The Morgan fingerprint density at radius 2 is 1.78 bits per heavy atom. The van der Waals surface area contributed by atoms with E-state index in [1.807, 2.05) is 39.8 Å². The van der Waals surface area contributed by atoms with Crippen LogP contribution < -0.4 is 16.1 Å². The van der Waals surface area contributed by atoms with E-state index in [0.29, 0.717) is 13.1 Å². The Labute approximate surface area is 160 Å². The van der Waals surface area contributed by atoms with Gasteiger partial charge in [-0.15, -0.1) is 0 Å². The lowest BCUT2D eigenvalue weighted by molar-refractivity contribution is 0.00578. The van der Waals surface area contributed by atoms with E-state index in [1.54, 1.807) is 12.4 Å². The van der Waals surface area contributed by atoms with E-state index >= 15 is 0 Å². The lowest BCUT2D eigenvalue weighted by Crippen LogP contribution is -2.41. The largest absolute Gasteiger partial charge is 0.496 e. The summed E-state index contributed by atoms with van der Waals surface area (Å²) in [7, 11) is -0.405. The second-order valence-electron chi connectivity index (χ2n) is 7.68. The Balaban J connectivity index is 1.43. The van der Waals surface area contributed by atoms with Crippen molar-refractivity contribution in [2.75, 3.05) is 18.4 Å². The minimum Gasteiger partial charge on any atom is -0.399 e. The summed E-state index contributed by atoms with van der Waals surface area (Å²) in [6.45, 7) is 10.1. The van der Waals surface area contributed by atoms with Gasteiger partial charge in [0.2, 0.25) is 0 Å². The zero-order valence-corrected chi connectivity index (χ0v) is 16.3. The van der Waals surface area contributed by atoms with Crippen LogP contribution in [-0.2, 0) is 15.9 Å². The molecule has 2 aromatic heterocycles. The van der Waals surface area contributed by atoms with Crippen LogP contribution in [0.25, 0.3) is 0 Å². The number of rotatable bonds is 7. The standard InChI is InChI=1S/C19H26BFN4O2/c1-18(2)19(3,4)27-20(26-18)15-5-6-17(25-12-15)24-8-7-22-10-14-9-16(21)13-23-11-14/h5-6,9,11-13,22H,7-8,10H2,1-4H3,(H,24,25). The van der Waals surface area contributed by atoms with Crippen molar-refractivity contribution >= 4 is 18.4 Å². The highest BCUT2D eigenvalue weighted by atomic mass is 19.1. The maximum Gasteiger partial charge on any atom is 0.496 e. The molecule has 144 valence electrons. The van der Waals surface area contributed by atoms with Crippen LogP contribution in [0.1, 0.15) is 33.3 Å². The molecule has 0 radical (unpaired) electrons. The first-order chi connectivity index (χ1) is 12.8. The van der Waals surface area contributed by atoms with Gasteiger partial charge in [-0.2, -0.15) is 0 Å². The van der Waals surface area contributed by atoms with E-state index in [-0.39, 0.29) is 17.0 Å². The number of halogens is 1. The van der Waals surface area contributed by atoms with Crippen LogP contribution in [0.3, 0.4) is 0 Å². The van der Waals surface area contributed by atoms with E-state index in [4.69, 9.17) is 9.31 Å². The minimum atomic E-state index is -0.405. The SMILES string of the molecule is CC1(C)OB(c2ccc(NCCNCc3cncc(F)c3)nc2)OC1(C)C. The molecule has 2 aromatic rings. The van der Waals surface area contributed by atoms with Crippen molar-refractivity contribution in [2.45, 2.75) is 45.4 Å². The molecule has 1 aliphatic rings. The molecule has 0 spiro atoms. The summed E-state index contributed by atoms with van der Waals surface area (Å²) in [6, 6.07) is 5.35. The summed E-state index contributed by atoms with van der Waals surface area (Å²) in [5.41, 5.74) is 0.991. The van der Waals surface area contributed by atoms with Gasteiger partial charge in [-0.1, -0.05) is 6.07 Å². The first-order valence-electron chi connectivity index (χ1n) is 9.12. The molecule has 2 N–H and O–H groups in total. The normalized spacial score (nSPS) is 17.9. The number of nitrogens with zero attached hydrogens (tertiary/aromatic N) is 2. The molecule has 1 aliphatic heterocycles. The van der Waals surface area contributed by atoms with Gasteiger partial charge in [0.25, 0.3) is 0 Å². The topological polar surface area (TPSA) is 68.3 Å². The molecular formula is C19H26BFN4O2. The highest BCUT2D eigenvalue weighted by Crippen LogP contribution is 2.36. The van der Waals surface area contributed by atoms with E-state index in [9.17, 15) is 4.39 Å². The van der Waals surface area contributed by atoms with Crippen molar-refractivity contribution in [3.8, 4) is 0 Å². The average molecular weight is 372 g/mol. The fourth-order valence-electron chi connectivity index (χ4n) is 2.69. The summed E-state index contributed by atoms with van der Waals surface area (Å²) in [5.74, 6) is 0.461. The lowest BCUT2D eigenvalue weighted by atomic mass is 9.80. The predicted molar refractivity (Wildman–Crippen MR) is 104 cm³/mol. The molecule has 3 rings (SSSR count). The predicted octanol–water partition coefficient (Wildman–Crippen LogP) is 2.12. The molecule has 0 unspecified atom stereocenters. The lowest BCUT2D eigenvalue weighted by Gasteiger charge is -2.32. The maximum atomic E-state index is 13.1. The fourth-order valence-corrected chi connectivity index (χ4v) is 2.69. The van der Waals surface area contributed by atoms with Crippen molar-refractivity contribution < 1.29 is 13.7 Å². The molecule has 27 heavy (non-hydrogen) atoms. The highest BCUT2D eigenvalue weighted by molar-refractivity contribution is 6.62. The van der Waals surface area contributed by atoms with Crippen LogP contribution in [0, 0.1) is 5.82 Å².